The van der Waals surface area contributed by atoms with Crippen LogP contribution in [0, 0.1) is 0 Å². The van der Waals surface area contributed by atoms with Crippen LogP contribution >= 0.6 is 0 Å². The van der Waals surface area contributed by atoms with Gasteiger partial charge >= 0.3 is 6.18 Å². The van der Waals surface area contributed by atoms with Crippen molar-refractivity contribution in [1.29, 1.82) is 0 Å². The van der Waals surface area contributed by atoms with Crippen LogP contribution in [0.25, 0.3) is 11.5 Å². The summed E-state index contributed by atoms with van der Waals surface area (Å²) in [5, 5.41) is 3.14. The van der Waals surface area contributed by atoms with Crippen LogP contribution in [0.5, 0.6) is 0 Å². The summed E-state index contributed by atoms with van der Waals surface area (Å²) in [6.45, 7) is 0.515. The molecule has 2 unspecified atom stereocenters. The van der Waals surface area contributed by atoms with E-state index in [9.17, 15) is 13.2 Å². The maximum atomic E-state index is 13.4. The summed E-state index contributed by atoms with van der Waals surface area (Å²) in [6.07, 6.45) is -1.89. The maximum Gasteiger partial charge on any atom is 0.433 e. The zero-order valence-electron chi connectivity index (χ0n) is 15.4. The van der Waals surface area contributed by atoms with E-state index in [2.05, 4.69) is 20.3 Å². The van der Waals surface area contributed by atoms with Gasteiger partial charge in [-0.25, -0.2) is 9.97 Å². The molecule has 0 saturated carbocycles. The van der Waals surface area contributed by atoms with Gasteiger partial charge in [0.05, 0.1) is 6.10 Å². The Bertz CT molecular complexity index is 951. The molecular weight excluding hydrogens is 381 g/mol. The Labute approximate surface area is 166 Å². The smallest absolute Gasteiger partial charge is 0.373 e. The van der Waals surface area contributed by atoms with Crippen molar-refractivity contribution in [3.05, 3.63) is 72.1 Å². The standard InChI is InChI=1S/C21H19F3N4O/c22-21(23,24)18-13-19(28-20(27-18)16-8-4-5-10-25-16)26-15-9-11-29-17(12-15)14-6-2-1-3-7-14/h1-8,10,13,15,17H,9,11-12H2,(H,26,27,28). The zero-order valence-corrected chi connectivity index (χ0v) is 15.4. The van der Waals surface area contributed by atoms with Crippen molar-refractivity contribution < 1.29 is 17.9 Å². The molecule has 2 atom stereocenters. The van der Waals surface area contributed by atoms with Crippen LogP contribution in [0.4, 0.5) is 19.0 Å². The highest BCUT2D eigenvalue weighted by atomic mass is 19.4. The Morgan fingerprint density at radius 3 is 2.52 bits per heavy atom. The summed E-state index contributed by atoms with van der Waals surface area (Å²) < 4.78 is 45.9. The molecule has 1 aliphatic rings. The number of rotatable bonds is 4. The fourth-order valence-corrected chi connectivity index (χ4v) is 3.31. The minimum Gasteiger partial charge on any atom is -0.373 e. The molecule has 5 nitrogen and oxygen atoms in total. The Hall–Kier alpha value is -3.00. The van der Waals surface area contributed by atoms with Crippen LogP contribution < -0.4 is 5.32 Å². The lowest BCUT2D eigenvalue weighted by Gasteiger charge is -2.31. The first-order valence-electron chi connectivity index (χ1n) is 9.30. The first-order valence-corrected chi connectivity index (χ1v) is 9.30. The normalized spacial score (nSPS) is 19.7. The van der Waals surface area contributed by atoms with Crippen LogP contribution in [-0.4, -0.2) is 27.6 Å². The number of nitrogens with zero attached hydrogens (tertiary/aromatic N) is 3. The predicted octanol–water partition coefficient (Wildman–Crippen LogP) is 4.89. The van der Waals surface area contributed by atoms with Crippen LogP contribution in [0.2, 0.25) is 0 Å². The molecule has 3 aromatic rings. The monoisotopic (exact) mass is 400 g/mol. The van der Waals surface area contributed by atoms with Gasteiger partial charge in [-0.05, 0) is 30.5 Å². The largest absolute Gasteiger partial charge is 0.433 e. The van der Waals surface area contributed by atoms with Gasteiger partial charge in [0.2, 0.25) is 0 Å². The zero-order chi connectivity index (χ0) is 20.3. The van der Waals surface area contributed by atoms with Crippen LogP contribution in [0.3, 0.4) is 0 Å². The van der Waals surface area contributed by atoms with E-state index in [0.29, 0.717) is 19.4 Å². The first-order chi connectivity index (χ1) is 14.0. The van der Waals surface area contributed by atoms with Gasteiger partial charge in [-0.1, -0.05) is 36.4 Å². The van der Waals surface area contributed by atoms with Gasteiger partial charge in [-0.3, -0.25) is 4.98 Å². The van der Waals surface area contributed by atoms with Gasteiger partial charge in [-0.2, -0.15) is 13.2 Å². The van der Waals surface area contributed by atoms with Crippen molar-refractivity contribution in [3.8, 4) is 11.5 Å². The van der Waals surface area contributed by atoms with E-state index in [-0.39, 0.29) is 29.5 Å². The lowest BCUT2D eigenvalue weighted by molar-refractivity contribution is -0.141. The third-order valence-electron chi connectivity index (χ3n) is 4.72. The number of hydrogen-bond acceptors (Lipinski definition) is 5. The van der Waals surface area contributed by atoms with Crippen molar-refractivity contribution in [2.24, 2.45) is 0 Å². The van der Waals surface area contributed by atoms with Gasteiger partial charge < -0.3 is 10.1 Å². The molecule has 150 valence electrons. The number of pyridine rings is 1. The molecule has 0 amide bonds. The molecule has 2 aromatic heterocycles. The molecule has 1 aliphatic heterocycles. The van der Waals surface area contributed by atoms with E-state index in [4.69, 9.17) is 4.74 Å². The van der Waals surface area contributed by atoms with Gasteiger partial charge in [0, 0.05) is 24.9 Å². The minimum absolute atomic E-state index is 0.0606. The van der Waals surface area contributed by atoms with Crippen LogP contribution in [0.15, 0.2) is 60.8 Å². The molecule has 1 fully saturated rings. The Balaban J connectivity index is 1.59. The highest BCUT2D eigenvalue weighted by Crippen LogP contribution is 2.32. The summed E-state index contributed by atoms with van der Waals surface area (Å²) in [6, 6.07) is 15.6. The molecule has 3 heterocycles. The van der Waals surface area contributed by atoms with Gasteiger partial charge in [0.25, 0.3) is 0 Å². The average Bonchev–Trinajstić information content (AvgIpc) is 2.74. The average molecular weight is 400 g/mol. The maximum absolute atomic E-state index is 13.4. The molecule has 0 aliphatic carbocycles. The number of benzene rings is 1. The highest BCUT2D eigenvalue weighted by Gasteiger charge is 2.34. The van der Waals surface area contributed by atoms with Gasteiger partial charge in [0.1, 0.15) is 11.5 Å². The molecular formula is C21H19F3N4O. The van der Waals surface area contributed by atoms with E-state index in [0.717, 1.165) is 11.6 Å². The summed E-state index contributed by atoms with van der Waals surface area (Å²) in [5.41, 5.74) is 0.338. The fourth-order valence-electron chi connectivity index (χ4n) is 3.31. The van der Waals surface area contributed by atoms with Crippen molar-refractivity contribution in [2.75, 3.05) is 11.9 Å². The van der Waals surface area contributed by atoms with Crippen molar-refractivity contribution in [3.63, 3.8) is 0 Å². The molecule has 0 radical (unpaired) electrons. The molecule has 0 bridgehead atoms. The number of anilines is 1. The molecule has 1 aromatic carbocycles. The lowest BCUT2D eigenvalue weighted by Crippen LogP contribution is -2.30. The highest BCUT2D eigenvalue weighted by molar-refractivity contribution is 5.53. The quantitative estimate of drug-likeness (QED) is 0.676. The first kappa shape index (κ1) is 19.3. The summed E-state index contributed by atoms with van der Waals surface area (Å²) in [7, 11) is 0. The Kier molecular flexibility index (Phi) is 5.44. The number of alkyl halides is 3. The third kappa shape index (κ3) is 4.71. The molecule has 29 heavy (non-hydrogen) atoms. The van der Waals surface area contributed by atoms with Crippen molar-refractivity contribution >= 4 is 5.82 Å². The van der Waals surface area contributed by atoms with Crippen LogP contribution in [-0.2, 0) is 10.9 Å². The van der Waals surface area contributed by atoms with Gasteiger partial charge in [-0.15, -0.1) is 0 Å². The third-order valence-corrected chi connectivity index (χ3v) is 4.72. The topological polar surface area (TPSA) is 59.9 Å². The summed E-state index contributed by atoms with van der Waals surface area (Å²) in [5.74, 6) is 0.0706. The second-order valence-corrected chi connectivity index (χ2v) is 6.81. The second-order valence-electron chi connectivity index (χ2n) is 6.81. The van der Waals surface area contributed by atoms with E-state index >= 15 is 0 Å². The summed E-state index contributed by atoms with van der Waals surface area (Å²) in [4.78, 5) is 12.0. The molecule has 4 rings (SSSR count). The Morgan fingerprint density at radius 1 is 1.00 bits per heavy atom. The number of ether oxygens (including phenoxy) is 1. The second kappa shape index (κ2) is 8.16. The molecule has 1 N–H and O–H groups in total. The number of aromatic nitrogens is 3. The molecule has 8 heteroatoms. The number of nitrogens with one attached hydrogen (secondary N) is 1. The van der Waals surface area contributed by atoms with Crippen molar-refractivity contribution in [2.45, 2.75) is 31.2 Å². The number of halogens is 3. The number of hydrogen-bond donors (Lipinski definition) is 1. The minimum atomic E-state index is -4.58. The molecule has 0 spiro atoms. The van der Waals surface area contributed by atoms with Crippen LogP contribution in [0.1, 0.15) is 30.2 Å². The summed E-state index contributed by atoms with van der Waals surface area (Å²) >= 11 is 0. The van der Waals surface area contributed by atoms with Gasteiger partial charge in [0.15, 0.2) is 11.5 Å². The van der Waals surface area contributed by atoms with E-state index in [1.807, 2.05) is 30.3 Å². The Morgan fingerprint density at radius 2 is 1.79 bits per heavy atom. The SMILES string of the molecule is FC(F)(F)c1cc(NC2CCOC(c3ccccc3)C2)nc(-c2ccccn2)n1. The van der Waals surface area contributed by atoms with E-state index in [1.165, 1.54) is 6.20 Å². The predicted molar refractivity (Wildman–Crippen MR) is 102 cm³/mol. The fraction of sp³-hybridized carbons (Fsp3) is 0.286. The van der Waals surface area contributed by atoms with E-state index < -0.39 is 11.9 Å². The molecule has 1 saturated heterocycles. The van der Waals surface area contributed by atoms with Crippen molar-refractivity contribution in [1.82, 2.24) is 15.0 Å². The lowest BCUT2D eigenvalue weighted by atomic mass is 9.97. The van der Waals surface area contributed by atoms with E-state index in [1.54, 1.807) is 18.2 Å².